The van der Waals surface area contributed by atoms with Crippen molar-refractivity contribution in [1.29, 1.82) is 0 Å². The molecule has 0 radical (unpaired) electrons. The number of nitrogens with one attached hydrogen (secondary N) is 1. The summed E-state index contributed by atoms with van der Waals surface area (Å²) in [5.74, 6) is 0. The summed E-state index contributed by atoms with van der Waals surface area (Å²) in [5.41, 5.74) is 4.39. The van der Waals surface area contributed by atoms with Gasteiger partial charge in [-0.1, -0.05) is 39.0 Å². The minimum Gasteiger partial charge on any atom is -0.346 e. The van der Waals surface area contributed by atoms with E-state index < -0.39 is 0 Å². The van der Waals surface area contributed by atoms with Crippen LogP contribution in [-0.2, 0) is 13.6 Å². The fourth-order valence-corrected chi connectivity index (χ4v) is 2.44. The Hall–Kier alpha value is -1.28. The van der Waals surface area contributed by atoms with Crippen molar-refractivity contribution >= 4 is 10.9 Å². The van der Waals surface area contributed by atoms with Gasteiger partial charge in [-0.25, -0.2) is 0 Å². The van der Waals surface area contributed by atoms with E-state index >= 15 is 0 Å². The lowest BCUT2D eigenvalue weighted by atomic mass is 9.88. The standard InChI is InChI=1S/C17H26N2/c1-12-14-9-7-8-10-15(14)19(6)16(12)11-18-13(2)17(3,4)5/h7-10,13,18H,11H2,1-6H3. The van der Waals surface area contributed by atoms with Gasteiger partial charge in [0, 0.05) is 36.2 Å². The fourth-order valence-electron chi connectivity index (χ4n) is 2.44. The third kappa shape index (κ3) is 2.69. The van der Waals surface area contributed by atoms with E-state index in [4.69, 9.17) is 0 Å². The largest absolute Gasteiger partial charge is 0.346 e. The smallest absolute Gasteiger partial charge is 0.0483 e. The Balaban J connectivity index is 2.27. The zero-order valence-electron chi connectivity index (χ0n) is 13.0. The highest BCUT2D eigenvalue weighted by Crippen LogP contribution is 2.25. The molecule has 2 heteroatoms. The Morgan fingerprint density at radius 3 is 2.42 bits per heavy atom. The van der Waals surface area contributed by atoms with E-state index in [1.807, 2.05) is 0 Å². The van der Waals surface area contributed by atoms with Crippen molar-refractivity contribution in [2.24, 2.45) is 12.5 Å². The average Bonchev–Trinajstić information content (AvgIpc) is 2.59. The number of para-hydroxylation sites is 1. The van der Waals surface area contributed by atoms with Crippen LogP contribution in [0.1, 0.15) is 39.0 Å². The van der Waals surface area contributed by atoms with Crippen LogP contribution in [0.2, 0.25) is 0 Å². The SMILES string of the molecule is Cc1c(CNC(C)C(C)(C)C)n(C)c2ccccc12. The van der Waals surface area contributed by atoms with Gasteiger partial charge in [0.25, 0.3) is 0 Å². The molecule has 1 aromatic heterocycles. The number of hydrogen-bond acceptors (Lipinski definition) is 1. The molecule has 104 valence electrons. The lowest BCUT2D eigenvalue weighted by Crippen LogP contribution is -2.37. The minimum atomic E-state index is 0.290. The summed E-state index contributed by atoms with van der Waals surface area (Å²) in [4.78, 5) is 0. The third-order valence-electron chi connectivity index (χ3n) is 4.38. The Morgan fingerprint density at radius 2 is 1.84 bits per heavy atom. The zero-order valence-corrected chi connectivity index (χ0v) is 13.0. The fraction of sp³-hybridized carbons (Fsp3) is 0.529. The first-order valence-electron chi connectivity index (χ1n) is 7.08. The van der Waals surface area contributed by atoms with Gasteiger partial charge in [0.2, 0.25) is 0 Å². The molecule has 1 heterocycles. The summed E-state index contributed by atoms with van der Waals surface area (Å²) < 4.78 is 2.31. The van der Waals surface area contributed by atoms with Crippen molar-refractivity contribution in [1.82, 2.24) is 9.88 Å². The third-order valence-corrected chi connectivity index (χ3v) is 4.38. The Bertz CT molecular complexity index is 534. The molecule has 0 aliphatic rings. The highest BCUT2D eigenvalue weighted by molar-refractivity contribution is 5.85. The molecule has 1 unspecified atom stereocenters. The number of nitrogens with zero attached hydrogens (tertiary/aromatic N) is 1. The van der Waals surface area contributed by atoms with E-state index in [0.717, 1.165) is 6.54 Å². The maximum Gasteiger partial charge on any atom is 0.0483 e. The second kappa shape index (κ2) is 5.01. The summed E-state index contributed by atoms with van der Waals surface area (Å²) in [5, 5.41) is 5.03. The van der Waals surface area contributed by atoms with Crippen LogP contribution in [0.15, 0.2) is 24.3 Å². The van der Waals surface area contributed by atoms with Gasteiger partial charge < -0.3 is 9.88 Å². The predicted octanol–water partition coefficient (Wildman–Crippen LogP) is 4.01. The minimum absolute atomic E-state index is 0.290. The molecule has 0 aliphatic heterocycles. The van der Waals surface area contributed by atoms with Gasteiger partial charge in [-0.15, -0.1) is 0 Å². The van der Waals surface area contributed by atoms with Crippen molar-refractivity contribution in [2.45, 2.75) is 47.2 Å². The first kappa shape index (κ1) is 14.1. The first-order valence-corrected chi connectivity index (χ1v) is 7.08. The molecular formula is C17H26N2. The van der Waals surface area contributed by atoms with Gasteiger partial charge in [-0.05, 0) is 30.9 Å². The summed E-state index contributed by atoms with van der Waals surface area (Å²) in [6, 6.07) is 9.12. The van der Waals surface area contributed by atoms with E-state index in [9.17, 15) is 0 Å². The number of hydrogen-bond donors (Lipinski definition) is 1. The topological polar surface area (TPSA) is 17.0 Å². The first-order chi connectivity index (χ1) is 8.82. The number of rotatable bonds is 3. The van der Waals surface area contributed by atoms with Gasteiger partial charge >= 0.3 is 0 Å². The Labute approximate surface area is 116 Å². The number of aryl methyl sites for hydroxylation is 2. The Kier molecular flexibility index (Phi) is 3.73. The maximum absolute atomic E-state index is 3.66. The quantitative estimate of drug-likeness (QED) is 0.880. The van der Waals surface area contributed by atoms with E-state index in [0.29, 0.717) is 11.5 Å². The van der Waals surface area contributed by atoms with Crippen LogP contribution < -0.4 is 5.32 Å². The molecule has 0 bridgehead atoms. The molecule has 1 N–H and O–H groups in total. The van der Waals surface area contributed by atoms with Crippen molar-refractivity contribution in [3.05, 3.63) is 35.5 Å². The van der Waals surface area contributed by atoms with Crippen LogP contribution in [0.4, 0.5) is 0 Å². The molecule has 0 fully saturated rings. The predicted molar refractivity (Wildman–Crippen MR) is 83.4 cm³/mol. The highest BCUT2D eigenvalue weighted by atomic mass is 15.0. The molecule has 2 aromatic rings. The van der Waals surface area contributed by atoms with E-state index in [1.165, 1.54) is 22.2 Å². The lowest BCUT2D eigenvalue weighted by Gasteiger charge is -2.28. The molecule has 0 saturated carbocycles. The summed E-state index contributed by atoms with van der Waals surface area (Å²) in [6.45, 7) is 12.2. The van der Waals surface area contributed by atoms with Crippen LogP contribution in [0.25, 0.3) is 10.9 Å². The number of fused-ring (bicyclic) bond motifs is 1. The van der Waals surface area contributed by atoms with Crippen LogP contribution in [-0.4, -0.2) is 10.6 Å². The average molecular weight is 258 g/mol. The van der Waals surface area contributed by atoms with Crippen molar-refractivity contribution < 1.29 is 0 Å². The van der Waals surface area contributed by atoms with Gasteiger partial charge in [-0.2, -0.15) is 0 Å². The normalized spacial score (nSPS) is 14.0. The van der Waals surface area contributed by atoms with Crippen LogP contribution in [0, 0.1) is 12.3 Å². The molecule has 2 nitrogen and oxygen atoms in total. The molecule has 0 amide bonds. The molecule has 2 rings (SSSR count). The van der Waals surface area contributed by atoms with Gasteiger partial charge in [0.15, 0.2) is 0 Å². The van der Waals surface area contributed by atoms with Crippen molar-refractivity contribution in [2.75, 3.05) is 0 Å². The summed E-state index contributed by atoms with van der Waals surface area (Å²) in [7, 11) is 2.16. The van der Waals surface area contributed by atoms with Gasteiger partial charge in [0.1, 0.15) is 0 Å². The molecule has 0 spiro atoms. The molecular weight excluding hydrogens is 232 g/mol. The van der Waals surface area contributed by atoms with Gasteiger partial charge in [-0.3, -0.25) is 0 Å². The molecule has 19 heavy (non-hydrogen) atoms. The van der Waals surface area contributed by atoms with Crippen LogP contribution in [0.3, 0.4) is 0 Å². The van der Waals surface area contributed by atoms with E-state index in [-0.39, 0.29) is 0 Å². The van der Waals surface area contributed by atoms with Crippen molar-refractivity contribution in [3.63, 3.8) is 0 Å². The molecule has 0 aliphatic carbocycles. The van der Waals surface area contributed by atoms with E-state index in [1.54, 1.807) is 0 Å². The van der Waals surface area contributed by atoms with E-state index in [2.05, 4.69) is 75.8 Å². The number of benzene rings is 1. The van der Waals surface area contributed by atoms with Crippen molar-refractivity contribution in [3.8, 4) is 0 Å². The van der Waals surface area contributed by atoms with Gasteiger partial charge in [0.05, 0.1) is 0 Å². The highest BCUT2D eigenvalue weighted by Gasteiger charge is 2.20. The second-order valence-corrected chi connectivity index (χ2v) is 6.62. The van der Waals surface area contributed by atoms with Crippen LogP contribution in [0.5, 0.6) is 0 Å². The maximum atomic E-state index is 3.66. The molecule has 1 atom stereocenters. The Morgan fingerprint density at radius 1 is 1.21 bits per heavy atom. The monoisotopic (exact) mass is 258 g/mol. The molecule has 1 aromatic carbocycles. The van der Waals surface area contributed by atoms with Crippen LogP contribution >= 0.6 is 0 Å². The summed E-state index contributed by atoms with van der Waals surface area (Å²) in [6.07, 6.45) is 0. The number of aromatic nitrogens is 1. The second-order valence-electron chi connectivity index (χ2n) is 6.62. The lowest BCUT2D eigenvalue weighted by molar-refractivity contribution is 0.283. The zero-order chi connectivity index (χ0) is 14.2. The summed E-state index contributed by atoms with van der Waals surface area (Å²) >= 11 is 0. The molecule has 0 saturated heterocycles.